The number of hydrogen-bond acceptors (Lipinski definition) is 4. The van der Waals surface area contributed by atoms with Crippen LogP contribution < -0.4 is 0 Å². The zero-order valence-electron chi connectivity index (χ0n) is 17.0. The molecule has 3 heterocycles. The molecule has 0 fully saturated rings. The number of carbonyl (C=O) groups excluding carboxylic acids is 1. The number of imidazole rings is 1. The molecule has 2 atom stereocenters. The molecule has 1 aliphatic heterocycles. The number of benzene rings is 1. The average Bonchev–Trinajstić information content (AvgIpc) is 3.18. The van der Waals surface area contributed by atoms with Crippen molar-refractivity contribution < 1.29 is 23.1 Å². The van der Waals surface area contributed by atoms with Gasteiger partial charge in [-0.1, -0.05) is 18.2 Å². The predicted molar refractivity (Wildman–Crippen MR) is 107 cm³/mol. The maximum atomic E-state index is 13.3. The van der Waals surface area contributed by atoms with Crippen molar-refractivity contribution in [1.29, 1.82) is 0 Å². The van der Waals surface area contributed by atoms with Gasteiger partial charge in [0.25, 0.3) is 5.91 Å². The third-order valence-electron chi connectivity index (χ3n) is 5.50. The fourth-order valence-corrected chi connectivity index (χ4v) is 3.83. The molecule has 1 unspecified atom stereocenters. The summed E-state index contributed by atoms with van der Waals surface area (Å²) in [6.07, 6.45) is -1.91. The Morgan fingerprint density at radius 1 is 1.16 bits per heavy atom. The maximum Gasteiger partial charge on any atom is 0.424 e. The lowest BCUT2D eigenvalue weighted by Crippen LogP contribution is -2.45. The van der Waals surface area contributed by atoms with Crippen molar-refractivity contribution in [2.24, 2.45) is 0 Å². The number of alkyl halides is 3. The molecule has 1 N–H and O–H groups in total. The quantitative estimate of drug-likeness (QED) is 0.684. The number of aliphatic hydroxyl groups is 1. The van der Waals surface area contributed by atoms with E-state index in [1.807, 2.05) is 18.2 Å². The van der Waals surface area contributed by atoms with Crippen LogP contribution in [0.3, 0.4) is 0 Å². The van der Waals surface area contributed by atoms with Crippen molar-refractivity contribution >= 4 is 5.91 Å². The predicted octanol–water partition coefficient (Wildman–Crippen LogP) is 3.93. The molecule has 1 amide bonds. The minimum atomic E-state index is -4.87. The summed E-state index contributed by atoms with van der Waals surface area (Å²) in [4.78, 5) is 22.9. The first-order chi connectivity index (χ1) is 14.6. The van der Waals surface area contributed by atoms with E-state index in [0.29, 0.717) is 18.2 Å². The van der Waals surface area contributed by atoms with Gasteiger partial charge in [-0.3, -0.25) is 9.78 Å². The highest BCUT2D eigenvalue weighted by molar-refractivity contribution is 5.95. The van der Waals surface area contributed by atoms with E-state index in [2.05, 4.69) is 9.97 Å². The maximum absolute atomic E-state index is 13.3. The smallest absolute Gasteiger partial charge is 0.374 e. The first kappa shape index (κ1) is 21.0. The minimum Gasteiger partial charge on any atom is -0.374 e. The van der Waals surface area contributed by atoms with Gasteiger partial charge < -0.3 is 14.6 Å². The fraction of sp³-hybridized carbons (Fsp3) is 0.318. The van der Waals surface area contributed by atoms with Crippen molar-refractivity contribution in [3.05, 3.63) is 71.9 Å². The average molecular weight is 430 g/mol. The van der Waals surface area contributed by atoms with Crippen molar-refractivity contribution in [2.45, 2.75) is 38.2 Å². The highest BCUT2D eigenvalue weighted by atomic mass is 19.4. The molecule has 0 bridgehead atoms. The summed E-state index contributed by atoms with van der Waals surface area (Å²) in [5.74, 6) is -0.701. The molecular weight excluding hydrogens is 409 g/mol. The molecular formula is C22H21F3N4O2. The second-order valence-electron chi connectivity index (χ2n) is 7.84. The summed E-state index contributed by atoms with van der Waals surface area (Å²) in [6, 6.07) is 12.1. The van der Waals surface area contributed by atoms with Crippen LogP contribution in [0, 0.1) is 0 Å². The number of fused-ring (bicyclic) bond motifs is 1. The summed E-state index contributed by atoms with van der Waals surface area (Å²) in [5, 5.41) is 10.1. The largest absolute Gasteiger partial charge is 0.424 e. The van der Waals surface area contributed by atoms with Gasteiger partial charge in [-0.15, -0.1) is 0 Å². The van der Waals surface area contributed by atoms with Crippen molar-refractivity contribution in [3.8, 4) is 11.3 Å². The van der Waals surface area contributed by atoms with E-state index in [4.69, 9.17) is 0 Å². The Morgan fingerprint density at radius 2 is 1.94 bits per heavy atom. The number of carbonyl (C=O) groups is 1. The van der Waals surface area contributed by atoms with E-state index in [1.165, 1.54) is 10.8 Å². The molecule has 31 heavy (non-hydrogen) atoms. The normalized spacial score (nSPS) is 18.4. The minimum absolute atomic E-state index is 0.0952. The Balaban J connectivity index is 1.62. The Labute approximate surface area is 177 Å². The molecule has 6 nitrogen and oxygen atoms in total. The summed E-state index contributed by atoms with van der Waals surface area (Å²) in [6.45, 7) is 2.68. The zero-order valence-corrected chi connectivity index (χ0v) is 17.0. The number of aromatic nitrogens is 3. The molecule has 162 valence electrons. The molecule has 0 saturated carbocycles. The third-order valence-corrected chi connectivity index (χ3v) is 5.50. The van der Waals surface area contributed by atoms with Crippen molar-refractivity contribution in [1.82, 2.24) is 19.4 Å². The van der Waals surface area contributed by atoms with Gasteiger partial charge in [0.05, 0.1) is 30.2 Å². The lowest BCUT2D eigenvalue weighted by atomic mass is 10.0. The highest BCUT2D eigenvalue weighted by Crippen LogP contribution is 2.40. The lowest BCUT2D eigenvalue weighted by molar-refractivity contribution is -0.263. The first-order valence-corrected chi connectivity index (χ1v) is 9.76. The van der Waals surface area contributed by atoms with Crippen LogP contribution in [-0.4, -0.2) is 43.2 Å². The van der Waals surface area contributed by atoms with Gasteiger partial charge in [0.15, 0.2) is 5.82 Å². The van der Waals surface area contributed by atoms with Crippen LogP contribution in [0.25, 0.3) is 11.3 Å². The molecule has 0 radical (unpaired) electrons. The third kappa shape index (κ3) is 3.69. The molecule has 9 heteroatoms. The Bertz CT molecular complexity index is 1110. The van der Waals surface area contributed by atoms with Crippen LogP contribution in [0.4, 0.5) is 13.2 Å². The Morgan fingerprint density at radius 3 is 2.61 bits per heavy atom. The number of pyridine rings is 1. The summed E-state index contributed by atoms with van der Waals surface area (Å²) >= 11 is 0. The van der Waals surface area contributed by atoms with E-state index >= 15 is 0 Å². The van der Waals surface area contributed by atoms with Gasteiger partial charge >= 0.3 is 6.18 Å². The molecule has 3 aromatic rings. The van der Waals surface area contributed by atoms with E-state index in [0.717, 1.165) is 11.3 Å². The monoisotopic (exact) mass is 430 g/mol. The molecule has 0 saturated heterocycles. The van der Waals surface area contributed by atoms with Crippen molar-refractivity contribution in [2.75, 3.05) is 6.54 Å². The van der Waals surface area contributed by atoms with E-state index in [1.54, 1.807) is 42.3 Å². The van der Waals surface area contributed by atoms with Crippen LogP contribution in [0.5, 0.6) is 0 Å². The number of amides is 1. The van der Waals surface area contributed by atoms with Crippen LogP contribution in [-0.2, 0) is 12.1 Å². The van der Waals surface area contributed by atoms with Gasteiger partial charge in [0.1, 0.15) is 0 Å². The number of halogens is 3. The molecule has 1 aliphatic rings. The standard InChI is InChI=1S/C22H21F3N4O2/c1-14-12-28(13-17-11-27-20(29(14)17)21(2,31)22(23,24)25)19(30)16-7-5-6-15(10-16)18-8-3-4-9-26-18/h3-11,14,31H,12-13H2,1-2H3/t14-,21?/m0/s1. The Hall–Kier alpha value is -3.20. The van der Waals surface area contributed by atoms with Gasteiger partial charge in [-0.2, -0.15) is 13.2 Å². The highest BCUT2D eigenvalue weighted by Gasteiger charge is 2.55. The van der Waals surface area contributed by atoms with Crippen LogP contribution >= 0.6 is 0 Å². The number of hydrogen-bond donors (Lipinski definition) is 1. The van der Waals surface area contributed by atoms with Crippen LogP contribution in [0.15, 0.2) is 54.9 Å². The number of rotatable bonds is 3. The van der Waals surface area contributed by atoms with Gasteiger partial charge in [-0.05, 0) is 38.1 Å². The van der Waals surface area contributed by atoms with E-state index < -0.39 is 23.6 Å². The van der Waals surface area contributed by atoms with Crippen LogP contribution in [0.1, 0.15) is 41.8 Å². The summed E-state index contributed by atoms with van der Waals surface area (Å²) in [7, 11) is 0. The second kappa shape index (κ2) is 7.49. The topological polar surface area (TPSA) is 71.2 Å². The SMILES string of the molecule is C[C@H]1CN(C(=O)c2cccc(-c3ccccn3)c2)Cc2cnc(C(C)(O)C(F)(F)F)n21. The van der Waals surface area contributed by atoms with Gasteiger partial charge in [0.2, 0.25) is 5.60 Å². The lowest BCUT2D eigenvalue weighted by Gasteiger charge is -2.36. The Kier molecular flexibility index (Phi) is 5.09. The number of nitrogens with zero attached hydrogens (tertiary/aromatic N) is 4. The van der Waals surface area contributed by atoms with Crippen molar-refractivity contribution in [3.63, 3.8) is 0 Å². The van der Waals surface area contributed by atoms with Crippen LogP contribution in [0.2, 0.25) is 0 Å². The first-order valence-electron chi connectivity index (χ1n) is 9.76. The molecule has 2 aromatic heterocycles. The summed E-state index contributed by atoms with van der Waals surface area (Å²) in [5.41, 5.74) is -0.646. The van der Waals surface area contributed by atoms with Gasteiger partial charge in [-0.25, -0.2) is 4.98 Å². The second-order valence-corrected chi connectivity index (χ2v) is 7.84. The zero-order chi connectivity index (χ0) is 22.4. The summed E-state index contributed by atoms with van der Waals surface area (Å²) < 4.78 is 41.4. The molecule has 1 aromatic carbocycles. The molecule has 4 rings (SSSR count). The van der Waals surface area contributed by atoms with Gasteiger partial charge in [0, 0.05) is 23.9 Å². The molecule has 0 aliphatic carbocycles. The van der Waals surface area contributed by atoms with E-state index in [-0.39, 0.29) is 19.0 Å². The molecule has 0 spiro atoms. The fourth-order valence-electron chi connectivity index (χ4n) is 3.83. The van der Waals surface area contributed by atoms with E-state index in [9.17, 15) is 23.1 Å².